The minimum atomic E-state index is -1.52. The average molecular weight is 1450 g/mol. The maximum Gasteiger partial charge on any atom is 0.416 e. The molecule has 0 spiro atoms. The zero-order valence-electron chi connectivity index (χ0n) is 59.5. The van der Waals surface area contributed by atoms with Crippen molar-refractivity contribution >= 4 is 76.6 Å². The van der Waals surface area contributed by atoms with Gasteiger partial charge in [-0.1, -0.05) is 23.3 Å². The van der Waals surface area contributed by atoms with E-state index in [-0.39, 0.29) is 99.6 Å². The van der Waals surface area contributed by atoms with Gasteiger partial charge in [0.1, 0.15) is 12.6 Å². The summed E-state index contributed by atoms with van der Waals surface area (Å²) in [6, 6.07) is 10.9. The molecule has 32 nitrogen and oxygen atoms in total. The third-order valence-corrected chi connectivity index (χ3v) is 16.7. The molecule has 8 rings (SSSR count). The van der Waals surface area contributed by atoms with Gasteiger partial charge in [0.25, 0.3) is 23.6 Å². The van der Waals surface area contributed by atoms with Gasteiger partial charge < -0.3 is 97.8 Å². The second-order valence-electron chi connectivity index (χ2n) is 24.5. The van der Waals surface area contributed by atoms with Crippen molar-refractivity contribution in [2.75, 3.05) is 163 Å². The predicted octanol–water partition coefficient (Wildman–Crippen LogP) is 4.27. The van der Waals surface area contributed by atoms with Crippen LogP contribution in [0.4, 0.5) is 21.9 Å². The highest BCUT2D eigenvalue weighted by molar-refractivity contribution is 6.13. The number of nitrogens with one attached hydrogen (secondary N) is 4. The molecule has 5 N–H and O–H groups in total. The van der Waals surface area contributed by atoms with Crippen LogP contribution >= 0.6 is 0 Å². The summed E-state index contributed by atoms with van der Waals surface area (Å²) in [6.07, 6.45) is 8.17. The van der Waals surface area contributed by atoms with Crippen molar-refractivity contribution in [1.29, 1.82) is 0 Å². The Morgan fingerprint density at radius 2 is 1.10 bits per heavy atom. The van der Waals surface area contributed by atoms with Crippen molar-refractivity contribution in [2.24, 2.45) is 4.99 Å². The lowest BCUT2D eigenvalue weighted by molar-refractivity contribution is -0.137. The third kappa shape index (κ3) is 24.6. The fourth-order valence-corrected chi connectivity index (χ4v) is 11.2. The van der Waals surface area contributed by atoms with Gasteiger partial charge in [-0.05, 0) is 82.7 Å². The molecule has 9 amide bonds. The number of benzene rings is 3. The minimum absolute atomic E-state index is 0.00407. The van der Waals surface area contributed by atoms with Gasteiger partial charge in [-0.15, -0.1) is 0 Å². The number of rotatable bonds is 47. The summed E-state index contributed by atoms with van der Waals surface area (Å²) in [5, 5.41) is 22.4. The van der Waals surface area contributed by atoms with Gasteiger partial charge in [-0.25, -0.2) is 9.69 Å². The van der Waals surface area contributed by atoms with Gasteiger partial charge in [-0.3, -0.25) is 48.2 Å². The minimum Gasteiger partial charge on any atom is -0.493 e. The van der Waals surface area contributed by atoms with E-state index in [1.165, 1.54) is 50.3 Å². The lowest BCUT2D eigenvalue weighted by Crippen LogP contribution is -2.50. The maximum atomic E-state index is 14.2. The normalized spacial score (nSPS) is 16.8. The largest absolute Gasteiger partial charge is 0.493 e. The van der Waals surface area contributed by atoms with Gasteiger partial charge in [0, 0.05) is 74.5 Å². The molecule has 32 heteroatoms. The highest BCUT2D eigenvalue weighted by atomic mass is 16.6. The number of amides is 9. The van der Waals surface area contributed by atoms with Crippen LogP contribution in [0.25, 0.3) is 0 Å². The lowest BCUT2D eigenvalue weighted by atomic mass is 10.1. The predicted molar refractivity (Wildman–Crippen MR) is 375 cm³/mol. The molecule has 0 bridgehead atoms. The number of hydrogen-bond acceptors (Lipinski definition) is 24. The van der Waals surface area contributed by atoms with Crippen molar-refractivity contribution in [2.45, 2.75) is 96.7 Å². The highest BCUT2D eigenvalue weighted by Gasteiger charge is 2.45. The monoisotopic (exact) mass is 1450 g/mol. The van der Waals surface area contributed by atoms with E-state index in [2.05, 4.69) is 26.3 Å². The molecule has 0 fully saturated rings. The molecule has 0 radical (unpaired) electrons. The maximum absolute atomic E-state index is 14.2. The van der Waals surface area contributed by atoms with E-state index in [1.54, 1.807) is 53.7 Å². The Labute approximate surface area is 603 Å². The first-order valence-electron chi connectivity index (χ1n) is 34.7. The van der Waals surface area contributed by atoms with E-state index < -0.39 is 59.8 Å². The molecule has 0 saturated carbocycles. The number of imide groups is 1. The summed E-state index contributed by atoms with van der Waals surface area (Å²) in [5.41, 5.74) is 3.92. The van der Waals surface area contributed by atoms with Crippen LogP contribution in [0.1, 0.15) is 92.0 Å². The Morgan fingerprint density at radius 1 is 0.577 bits per heavy atom. The summed E-state index contributed by atoms with van der Waals surface area (Å²) in [7, 11) is 2.96. The zero-order valence-corrected chi connectivity index (χ0v) is 59.5. The number of methoxy groups -OCH3 is 2. The summed E-state index contributed by atoms with van der Waals surface area (Å²) >= 11 is 0. The van der Waals surface area contributed by atoms with Crippen LogP contribution in [0.5, 0.6) is 23.0 Å². The van der Waals surface area contributed by atoms with Crippen LogP contribution in [0.15, 0.2) is 89.2 Å². The molecular weight excluding hydrogens is 1360 g/mol. The van der Waals surface area contributed by atoms with Crippen LogP contribution in [-0.2, 0) is 78.0 Å². The molecule has 5 aliphatic heterocycles. The number of anilines is 2. The fraction of sp³-hybridized carbons (Fsp3) is 0.528. The number of aliphatic hydroxyl groups excluding tert-OH is 1. The van der Waals surface area contributed by atoms with Crippen LogP contribution in [0.2, 0.25) is 0 Å². The molecule has 4 atom stereocenters. The van der Waals surface area contributed by atoms with Crippen molar-refractivity contribution in [1.82, 2.24) is 30.7 Å². The van der Waals surface area contributed by atoms with Gasteiger partial charge >= 0.3 is 6.09 Å². The van der Waals surface area contributed by atoms with Crippen molar-refractivity contribution in [3.05, 3.63) is 101 Å². The quantitative estimate of drug-likeness (QED) is 0.0389. The summed E-state index contributed by atoms with van der Waals surface area (Å²) in [6.45, 7) is 11.1. The number of hydrogen-bond donors (Lipinski definition) is 5. The molecule has 566 valence electrons. The number of nitrogens with zero attached hydrogens (tertiary/aromatic N) is 5. The molecule has 1 unspecified atom stereocenters. The lowest BCUT2D eigenvalue weighted by Gasteiger charge is -2.31. The number of aliphatic imine (C=N–C) groups is 1. The van der Waals surface area contributed by atoms with E-state index >= 15 is 0 Å². The second kappa shape index (κ2) is 42.4. The van der Waals surface area contributed by atoms with Gasteiger partial charge in [0.15, 0.2) is 29.2 Å². The molecular formula is C72H95N9O23. The molecule has 5 aliphatic rings. The number of carbonyl (C=O) groups is 9. The Bertz CT molecular complexity index is 3530. The molecule has 3 aromatic rings. The molecule has 3 aromatic carbocycles. The number of ether oxygens (including phenoxy) is 13. The average Bonchev–Trinajstić information content (AvgIpc) is 1.59. The van der Waals surface area contributed by atoms with Crippen molar-refractivity contribution < 1.29 is 110 Å². The van der Waals surface area contributed by atoms with Crippen LogP contribution in [0, 0.1) is 0 Å². The number of unbranched alkanes of at least 4 members (excludes halogenated alkanes) is 2. The first-order chi connectivity index (χ1) is 50.4. The highest BCUT2D eigenvalue weighted by Crippen LogP contribution is 2.43. The van der Waals surface area contributed by atoms with Crippen molar-refractivity contribution in [3.8, 4) is 23.0 Å². The molecule has 0 aliphatic carbocycles. The van der Waals surface area contributed by atoms with E-state index in [0.717, 1.165) is 27.4 Å². The standard InChI is InChI=1S/C72H95N9O23/c1-48-37-53-43-74-56-41-61(59(92-4)39-54(56)69(88)79(53)45-48)102-19-7-6-8-20-103-62-42-57-55(40-60(62)93-5)70(89)80-46-49(2)38-58(80)71(90)81(57)72(91)104-47-51-9-11-52(12-10-51)77-68(87)50(3)76-65(84)44-75-64(83)16-21-94-23-25-96-27-29-98-31-33-100-35-36-101-34-32-99-30-28-97-26-24-95-22-17-73-63(82)15-18-78-66(85)13-14-67(78)86/h9-14,39-43,45-46,50,53,58,71,90H,6-8,15-38,44,47H2,1-5H3,(H,73,82)(H,75,83)(H,76,84)(H,77,87)/t50-,53?,58-,71-/m0/s1. The Morgan fingerprint density at radius 3 is 1.68 bits per heavy atom. The SMILES string of the molecule is COc1cc2c(cc1OCCCCCOc1cc3c(cc1OC)C(=O)N1C=C(C)C[C@H]1[C@H](O)N3C(=O)OCc1ccc(NC(=O)[C@H](C)NC(=O)CNC(=O)CCOCCOCCOCCOCCOCCOCCOCCOCCNC(=O)CCN3C(=O)C=CC3=O)cc1)N=CC1CC(C)=CN1C2=O. The van der Waals surface area contributed by atoms with Crippen molar-refractivity contribution in [3.63, 3.8) is 0 Å². The van der Waals surface area contributed by atoms with Gasteiger partial charge in [0.2, 0.25) is 23.6 Å². The van der Waals surface area contributed by atoms with Crippen LogP contribution in [0.3, 0.4) is 0 Å². The fourth-order valence-electron chi connectivity index (χ4n) is 11.2. The van der Waals surface area contributed by atoms with E-state index in [1.807, 2.05) is 20.0 Å². The Hall–Kier alpha value is -9.38. The smallest absolute Gasteiger partial charge is 0.416 e. The zero-order chi connectivity index (χ0) is 74.2. The second-order valence-corrected chi connectivity index (χ2v) is 24.5. The van der Waals surface area contributed by atoms with Gasteiger partial charge in [0.05, 0.1) is 174 Å². The van der Waals surface area contributed by atoms with E-state index in [4.69, 9.17) is 61.6 Å². The first-order valence-corrected chi connectivity index (χ1v) is 34.7. The van der Waals surface area contributed by atoms with E-state index in [9.17, 15) is 48.3 Å². The van der Waals surface area contributed by atoms with Crippen LogP contribution < -0.4 is 45.1 Å². The first kappa shape index (κ1) is 80.3. The third-order valence-electron chi connectivity index (χ3n) is 16.7. The summed E-state index contributed by atoms with van der Waals surface area (Å²) < 4.78 is 73.2. The molecule has 0 aromatic heterocycles. The summed E-state index contributed by atoms with van der Waals surface area (Å²) in [4.78, 5) is 125. The Kier molecular flexibility index (Phi) is 32.7. The Balaban J connectivity index is 0.626. The molecule has 5 heterocycles. The topological polar surface area (TPSA) is 367 Å². The number of aliphatic hydroxyl groups is 1. The van der Waals surface area contributed by atoms with Crippen LogP contribution in [-0.4, -0.2) is 257 Å². The van der Waals surface area contributed by atoms with E-state index in [0.29, 0.717) is 159 Å². The molecule has 0 saturated heterocycles. The number of carbonyl (C=O) groups excluding carboxylic acids is 9. The number of fused-ring (bicyclic) bond motifs is 4. The summed E-state index contributed by atoms with van der Waals surface area (Å²) in [5.74, 6) is -1.91. The molecule has 104 heavy (non-hydrogen) atoms. The van der Waals surface area contributed by atoms with Gasteiger partial charge in [-0.2, -0.15) is 0 Å².